The first kappa shape index (κ1) is 12.6. The third-order valence-corrected chi connectivity index (χ3v) is 2.66. The molecule has 1 heterocycles. The number of aryl methyl sites for hydroxylation is 1. The quantitative estimate of drug-likeness (QED) is 0.708. The lowest BCUT2D eigenvalue weighted by molar-refractivity contribution is 0.0579. The summed E-state index contributed by atoms with van der Waals surface area (Å²) in [4.78, 5) is 25.2. The Morgan fingerprint density at radius 3 is 2.61 bits per heavy atom. The van der Waals surface area contributed by atoms with E-state index in [1.807, 2.05) is 19.1 Å². The third-order valence-electron chi connectivity index (χ3n) is 2.66. The van der Waals surface area contributed by atoms with Crippen LogP contribution in [0.15, 0.2) is 18.2 Å². The molecule has 0 unspecified atom stereocenters. The summed E-state index contributed by atoms with van der Waals surface area (Å²) in [6.45, 7) is 7.40. The Balaban J connectivity index is 2.30. The van der Waals surface area contributed by atoms with E-state index in [1.165, 1.54) is 4.90 Å². The van der Waals surface area contributed by atoms with Gasteiger partial charge in [0.15, 0.2) is 5.78 Å². The van der Waals surface area contributed by atoms with Gasteiger partial charge in [0.05, 0.1) is 12.2 Å². The molecule has 18 heavy (non-hydrogen) atoms. The van der Waals surface area contributed by atoms with Gasteiger partial charge in [-0.2, -0.15) is 0 Å². The molecule has 0 bridgehead atoms. The van der Waals surface area contributed by atoms with Gasteiger partial charge in [-0.25, -0.2) is 4.79 Å². The van der Waals surface area contributed by atoms with Gasteiger partial charge in [0.2, 0.25) is 0 Å². The maximum atomic E-state index is 12.0. The highest BCUT2D eigenvalue weighted by atomic mass is 16.6. The third kappa shape index (κ3) is 2.37. The summed E-state index contributed by atoms with van der Waals surface area (Å²) in [5.41, 5.74) is 1.68. The number of hydrogen-bond acceptors (Lipinski definition) is 3. The second-order valence-electron chi connectivity index (χ2n) is 5.51. The van der Waals surface area contributed by atoms with Crippen molar-refractivity contribution in [2.75, 3.05) is 11.4 Å². The van der Waals surface area contributed by atoms with E-state index >= 15 is 0 Å². The second-order valence-corrected chi connectivity index (χ2v) is 5.51. The Morgan fingerprint density at radius 1 is 1.33 bits per heavy atom. The number of benzene rings is 1. The Bertz CT molecular complexity index is 514. The van der Waals surface area contributed by atoms with E-state index in [4.69, 9.17) is 4.74 Å². The lowest BCUT2D eigenvalue weighted by Crippen LogP contribution is -2.36. The van der Waals surface area contributed by atoms with E-state index in [-0.39, 0.29) is 12.3 Å². The molecule has 0 spiro atoms. The molecule has 0 atom stereocenters. The Labute approximate surface area is 107 Å². The van der Waals surface area contributed by atoms with Gasteiger partial charge in [-0.05, 0) is 39.8 Å². The minimum Gasteiger partial charge on any atom is -0.443 e. The van der Waals surface area contributed by atoms with Crippen molar-refractivity contribution in [3.63, 3.8) is 0 Å². The molecule has 0 aromatic heterocycles. The number of carbonyl (C=O) groups is 2. The first-order valence-corrected chi connectivity index (χ1v) is 5.92. The Hall–Kier alpha value is -1.84. The van der Waals surface area contributed by atoms with Crippen molar-refractivity contribution < 1.29 is 14.3 Å². The van der Waals surface area contributed by atoms with E-state index in [0.29, 0.717) is 11.3 Å². The van der Waals surface area contributed by atoms with Crippen molar-refractivity contribution in [3.8, 4) is 0 Å². The molecular formula is C14H17NO3. The van der Waals surface area contributed by atoms with E-state index in [1.54, 1.807) is 26.8 Å². The molecular weight excluding hydrogens is 230 g/mol. The van der Waals surface area contributed by atoms with Gasteiger partial charge in [0, 0.05) is 5.56 Å². The van der Waals surface area contributed by atoms with Crippen LogP contribution in [0.5, 0.6) is 0 Å². The Kier molecular flexibility index (Phi) is 2.89. The number of hydrogen-bond donors (Lipinski definition) is 0. The predicted octanol–water partition coefficient (Wildman–Crippen LogP) is 2.93. The summed E-state index contributed by atoms with van der Waals surface area (Å²) in [6, 6.07) is 5.48. The number of ketones is 1. The first-order valence-electron chi connectivity index (χ1n) is 5.92. The fourth-order valence-electron chi connectivity index (χ4n) is 1.90. The molecule has 1 aliphatic rings. The van der Waals surface area contributed by atoms with Gasteiger partial charge >= 0.3 is 6.09 Å². The standard InChI is InChI=1S/C14H17NO3/c1-9-5-6-11-10(7-9)12(16)8-15(11)13(17)18-14(2,3)4/h5-7H,8H2,1-4H3. The van der Waals surface area contributed by atoms with Crippen LogP contribution in [-0.2, 0) is 4.74 Å². The zero-order chi connectivity index (χ0) is 13.5. The van der Waals surface area contributed by atoms with Crippen LogP contribution in [0.4, 0.5) is 10.5 Å². The average Bonchev–Trinajstić information content (AvgIpc) is 2.54. The highest BCUT2D eigenvalue weighted by molar-refractivity contribution is 6.14. The fourth-order valence-corrected chi connectivity index (χ4v) is 1.90. The van der Waals surface area contributed by atoms with Crippen LogP contribution in [0, 0.1) is 6.92 Å². The van der Waals surface area contributed by atoms with Gasteiger partial charge < -0.3 is 4.74 Å². The molecule has 4 heteroatoms. The number of nitrogens with zero attached hydrogens (tertiary/aromatic N) is 1. The molecule has 1 aromatic carbocycles. The molecule has 0 aliphatic carbocycles. The van der Waals surface area contributed by atoms with E-state index in [2.05, 4.69) is 0 Å². The van der Waals surface area contributed by atoms with Crippen molar-refractivity contribution >= 4 is 17.6 Å². The Morgan fingerprint density at radius 2 is 2.00 bits per heavy atom. The molecule has 1 aromatic rings. The lowest BCUT2D eigenvalue weighted by Gasteiger charge is -2.24. The molecule has 2 rings (SSSR count). The molecule has 0 fully saturated rings. The van der Waals surface area contributed by atoms with Crippen molar-refractivity contribution in [1.29, 1.82) is 0 Å². The number of carbonyl (C=O) groups excluding carboxylic acids is 2. The van der Waals surface area contributed by atoms with Gasteiger partial charge in [0.1, 0.15) is 5.60 Å². The van der Waals surface area contributed by atoms with Gasteiger partial charge in [-0.3, -0.25) is 9.69 Å². The number of amides is 1. The molecule has 1 aliphatic heterocycles. The van der Waals surface area contributed by atoms with Crippen LogP contribution in [0.25, 0.3) is 0 Å². The second kappa shape index (κ2) is 4.12. The van der Waals surface area contributed by atoms with Crippen molar-refractivity contribution in [1.82, 2.24) is 0 Å². The predicted molar refractivity (Wildman–Crippen MR) is 69.1 cm³/mol. The van der Waals surface area contributed by atoms with E-state index < -0.39 is 11.7 Å². The van der Waals surface area contributed by atoms with Crippen LogP contribution in [0.2, 0.25) is 0 Å². The maximum absolute atomic E-state index is 12.0. The molecule has 0 saturated heterocycles. The zero-order valence-corrected chi connectivity index (χ0v) is 11.1. The summed E-state index contributed by atoms with van der Waals surface area (Å²) in [5.74, 6) is -0.0421. The van der Waals surface area contributed by atoms with Crippen LogP contribution < -0.4 is 4.90 Å². The monoisotopic (exact) mass is 247 g/mol. The smallest absolute Gasteiger partial charge is 0.415 e. The molecule has 0 saturated carbocycles. The highest BCUT2D eigenvalue weighted by Crippen LogP contribution is 2.30. The number of Topliss-reactive ketones (excluding diaryl/α,β-unsaturated/α-hetero) is 1. The number of fused-ring (bicyclic) bond motifs is 1. The minimum absolute atomic E-state index is 0.0421. The van der Waals surface area contributed by atoms with Crippen LogP contribution in [0.1, 0.15) is 36.7 Å². The molecule has 1 amide bonds. The topological polar surface area (TPSA) is 46.6 Å². The maximum Gasteiger partial charge on any atom is 0.415 e. The highest BCUT2D eigenvalue weighted by Gasteiger charge is 2.33. The number of rotatable bonds is 0. The van der Waals surface area contributed by atoms with Crippen LogP contribution in [-0.4, -0.2) is 24.0 Å². The molecule has 0 radical (unpaired) electrons. The fraction of sp³-hybridized carbons (Fsp3) is 0.429. The summed E-state index contributed by atoms with van der Waals surface area (Å²) in [5, 5.41) is 0. The van der Waals surface area contributed by atoms with Gasteiger partial charge in [-0.1, -0.05) is 11.6 Å². The lowest BCUT2D eigenvalue weighted by atomic mass is 10.1. The first-order chi connectivity index (χ1) is 8.28. The van der Waals surface area contributed by atoms with E-state index in [0.717, 1.165) is 5.56 Å². The van der Waals surface area contributed by atoms with Crippen LogP contribution >= 0.6 is 0 Å². The normalized spacial score (nSPS) is 14.7. The summed E-state index contributed by atoms with van der Waals surface area (Å²) < 4.78 is 5.29. The van der Waals surface area contributed by atoms with Gasteiger partial charge in [0.25, 0.3) is 0 Å². The van der Waals surface area contributed by atoms with E-state index in [9.17, 15) is 9.59 Å². The zero-order valence-electron chi connectivity index (χ0n) is 11.1. The minimum atomic E-state index is -0.562. The van der Waals surface area contributed by atoms with Crippen molar-refractivity contribution in [2.45, 2.75) is 33.3 Å². The molecule has 4 nitrogen and oxygen atoms in total. The summed E-state index contributed by atoms with van der Waals surface area (Å²) in [6.07, 6.45) is -0.474. The average molecular weight is 247 g/mol. The SMILES string of the molecule is Cc1ccc2c(c1)C(=O)CN2C(=O)OC(C)(C)C. The summed E-state index contributed by atoms with van der Waals surface area (Å²) in [7, 11) is 0. The van der Waals surface area contributed by atoms with Gasteiger partial charge in [-0.15, -0.1) is 0 Å². The van der Waals surface area contributed by atoms with Crippen molar-refractivity contribution in [2.24, 2.45) is 0 Å². The van der Waals surface area contributed by atoms with Crippen molar-refractivity contribution in [3.05, 3.63) is 29.3 Å². The molecule has 0 N–H and O–H groups in total. The van der Waals surface area contributed by atoms with Crippen LogP contribution in [0.3, 0.4) is 0 Å². The number of ether oxygens (including phenoxy) is 1. The number of anilines is 1. The summed E-state index contributed by atoms with van der Waals surface area (Å²) >= 11 is 0. The molecule has 96 valence electrons. The largest absolute Gasteiger partial charge is 0.443 e.